The minimum absolute atomic E-state index is 0.107. The van der Waals surface area contributed by atoms with E-state index in [4.69, 9.17) is 29.3 Å². The topological polar surface area (TPSA) is 77.6 Å². The van der Waals surface area contributed by atoms with Gasteiger partial charge >= 0.3 is 0 Å². The molecule has 6 heteroatoms. The van der Waals surface area contributed by atoms with E-state index in [0.29, 0.717) is 17.5 Å². The van der Waals surface area contributed by atoms with Crippen LogP contribution in [0.2, 0.25) is 0 Å². The number of hydrogen-bond acceptors (Lipinski definition) is 6. The molecule has 0 N–H and O–H groups in total. The number of aromatic nitrogens is 5. The van der Waals surface area contributed by atoms with Crippen molar-refractivity contribution in [1.82, 2.24) is 24.9 Å². The van der Waals surface area contributed by atoms with Crippen molar-refractivity contribution in [3.63, 3.8) is 0 Å². The summed E-state index contributed by atoms with van der Waals surface area (Å²) in [5.74, 6) is 1.91. The lowest BCUT2D eigenvalue weighted by Gasteiger charge is -2.28. The number of rotatable bonds is 4. The van der Waals surface area contributed by atoms with Gasteiger partial charge in [-0.2, -0.15) is 0 Å². The summed E-state index contributed by atoms with van der Waals surface area (Å²) in [6, 6.07) is 50.3. The Kier molecular flexibility index (Phi) is 6.62. The first-order valence-electron chi connectivity index (χ1n) is 18.4. The van der Waals surface area contributed by atoms with Crippen LogP contribution in [0.3, 0.4) is 0 Å². The molecule has 0 fully saturated rings. The van der Waals surface area contributed by atoms with E-state index in [1.807, 2.05) is 66.7 Å². The third kappa shape index (κ3) is 4.63. The van der Waals surface area contributed by atoms with Crippen LogP contribution in [0.5, 0.6) is 0 Å². The first-order chi connectivity index (χ1) is 26.5. The van der Waals surface area contributed by atoms with Gasteiger partial charge in [-0.25, -0.2) is 19.9 Å². The van der Waals surface area contributed by atoms with Crippen LogP contribution in [0.1, 0.15) is 47.8 Å². The standard InChI is InChI=1S/C48H33N5O/c1-48(2)38-23-12-11-20-34(38)42-44(48)49-39-27-36(31-18-9-10-19-32(31)41(39)50-42)30-24-25-40-37(26-30)33-21-13-22-35(43(33)54-40)47-52-45(28-14-5-3-6-15-28)51-46(53-47)29-16-7-4-8-17-29/h3-26,36H,27H2,1-2H3. The molecule has 256 valence electrons. The highest BCUT2D eigenvalue weighted by Gasteiger charge is 2.40. The SMILES string of the molecule is CC1(C)c2ccccc2-c2nc3c(nc21)CC(c1ccc2oc4c(-c5nc(-c6ccccc6)nc(-c6ccccc6)n5)cccc4c2c1)c1ccccc1-3. The highest BCUT2D eigenvalue weighted by Crippen LogP contribution is 2.50. The van der Waals surface area contributed by atoms with Crippen LogP contribution < -0.4 is 0 Å². The molecule has 0 bridgehead atoms. The zero-order valence-corrected chi connectivity index (χ0v) is 29.8. The van der Waals surface area contributed by atoms with Gasteiger partial charge < -0.3 is 4.42 Å². The molecule has 0 saturated heterocycles. The molecule has 6 nitrogen and oxygen atoms in total. The van der Waals surface area contributed by atoms with Crippen molar-refractivity contribution in [3.05, 3.63) is 174 Å². The fraction of sp³-hybridized carbons (Fsp3) is 0.104. The Morgan fingerprint density at radius 2 is 1.19 bits per heavy atom. The van der Waals surface area contributed by atoms with Crippen LogP contribution in [0.25, 0.3) is 78.6 Å². The van der Waals surface area contributed by atoms with Gasteiger partial charge in [0.15, 0.2) is 17.5 Å². The molecule has 0 radical (unpaired) electrons. The van der Waals surface area contributed by atoms with E-state index >= 15 is 0 Å². The van der Waals surface area contributed by atoms with Crippen LogP contribution in [-0.4, -0.2) is 24.9 Å². The smallest absolute Gasteiger partial charge is 0.167 e. The maximum absolute atomic E-state index is 6.68. The molecule has 3 heterocycles. The van der Waals surface area contributed by atoms with Crippen LogP contribution in [0.4, 0.5) is 0 Å². The van der Waals surface area contributed by atoms with Crippen molar-refractivity contribution in [1.29, 1.82) is 0 Å². The summed E-state index contributed by atoms with van der Waals surface area (Å²) in [7, 11) is 0. The quantitative estimate of drug-likeness (QED) is 0.182. The minimum atomic E-state index is -0.213. The lowest BCUT2D eigenvalue weighted by Crippen LogP contribution is -2.21. The molecule has 0 saturated carbocycles. The highest BCUT2D eigenvalue weighted by molar-refractivity contribution is 6.09. The lowest BCUT2D eigenvalue weighted by atomic mass is 9.78. The summed E-state index contributed by atoms with van der Waals surface area (Å²) < 4.78 is 6.68. The Balaban J connectivity index is 1.04. The summed E-state index contributed by atoms with van der Waals surface area (Å²) in [5.41, 5.74) is 14.3. The lowest BCUT2D eigenvalue weighted by molar-refractivity contribution is 0.625. The summed E-state index contributed by atoms with van der Waals surface area (Å²) in [4.78, 5) is 25.7. The van der Waals surface area contributed by atoms with Gasteiger partial charge in [-0.1, -0.05) is 141 Å². The van der Waals surface area contributed by atoms with Crippen LogP contribution in [0, 0.1) is 0 Å². The Labute approximate surface area is 312 Å². The van der Waals surface area contributed by atoms with E-state index in [1.165, 1.54) is 22.3 Å². The molecule has 0 spiro atoms. The molecular formula is C48H33N5O. The zero-order chi connectivity index (χ0) is 36.0. The molecule has 2 aliphatic carbocycles. The van der Waals surface area contributed by atoms with Crippen molar-refractivity contribution in [3.8, 4) is 56.7 Å². The second-order valence-electron chi connectivity index (χ2n) is 14.8. The molecule has 3 aromatic heterocycles. The molecule has 1 unspecified atom stereocenters. The zero-order valence-electron chi connectivity index (χ0n) is 29.8. The van der Waals surface area contributed by atoms with Gasteiger partial charge in [0.05, 0.1) is 28.3 Å². The van der Waals surface area contributed by atoms with Gasteiger partial charge in [-0.3, -0.25) is 4.98 Å². The molecule has 54 heavy (non-hydrogen) atoms. The summed E-state index contributed by atoms with van der Waals surface area (Å²) in [6.45, 7) is 4.53. The molecule has 0 aliphatic heterocycles. The summed E-state index contributed by atoms with van der Waals surface area (Å²) >= 11 is 0. The number of furan rings is 1. The number of nitrogens with zero attached hydrogens (tertiary/aromatic N) is 5. The average molecular weight is 696 g/mol. The second-order valence-corrected chi connectivity index (χ2v) is 14.8. The molecule has 9 aromatic rings. The van der Waals surface area contributed by atoms with Crippen molar-refractivity contribution in [2.45, 2.75) is 31.6 Å². The third-order valence-corrected chi connectivity index (χ3v) is 11.3. The van der Waals surface area contributed by atoms with Gasteiger partial charge in [-0.05, 0) is 34.9 Å². The number of fused-ring (bicyclic) bond motifs is 9. The molecule has 0 amide bonds. The molecule has 1 atom stereocenters. The van der Waals surface area contributed by atoms with E-state index in [1.54, 1.807) is 0 Å². The third-order valence-electron chi connectivity index (χ3n) is 11.3. The van der Waals surface area contributed by atoms with Gasteiger partial charge in [0.2, 0.25) is 0 Å². The van der Waals surface area contributed by atoms with Crippen molar-refractivity contribution >= 4 is 21.9 Å². The van der Waals surface area contributed by atoms with Crippen molar-refractivity contribution in [2.75, 3.05) is 0 Å². The molecule has 6 aromatic carbocycles. The van der Waals surface area contributed by atoms with Gasteiger partial charge in [0.25, 0.3) is 0 Å². The molecular weight excluding hydrogens is 663 g/mol. The second kappa shape index (κ2) is 11.6. The fourth-order valence-corrected chi connectivity index (χ4v) is 8.57. The van der Waals surface area contributed by atoms with Crippen LogP contribution >= 0.6 is 0 Å². The van der Waals surface area contributed by atoms with Gasteiger partial charge in [-0.15, -0.1) is 0 Å². The first-order valence-corrected chi connectivity index (χ1v) is 18.4. The number of benzene rings is 6. The van der Waals surface area contributed by atoms with E-state index in [9.17, 15) is 0 Å². The van der Waals surface area contributed by atoms with Crippen molar-refractivity contribution < 1.29 is 4.42 Å². The predicted octanol–water partition coefficient (Wildman–Crippen LogP) is 11.2. The first kappa shape index (κ1) is 30.8. The monoisotopic (exact) mass is 695 g/mol. The largest absolute Gasteiger partial charge is 0.455 e. The number of para-hydroxylation sites is 1. The van der Waals surface area contributed by atoms with Crippen LogP contribution in [0.15, 0.2) is 150 Å². The van der Waals surface area contributed by atoms with Gasteiger partial charge in [0.1, 0.15) is 11.2 Å². The van der Waals surface area contributed by atoms with E-state index < -0.39 is 0 Å². The van der Waals surface area contributed by atoms with Crippen LogP contribution in [-0.2, 0) is 11.8 Å². The minimum Gasteiger partial charge on any atom is -0.455 e. The fourth-order valence-electron chi connectivity index (χ4n) is 8.57. The Hall–Kier alpha value is -6.79. The highest BCUT2D eigenvalue weighted by atomic mass is 16.3. The molecule has 2 aliphatic rings. The van der Waals surface area contributed by atoms with Gasteiger partial charge in [0, 0.05) is 50.8 Å². The van der Waals surface area contributed by atoms with E-state index in [-0.39, 0.29) is 11.3 Å². The average Bonchev–Trinajstić information content (AvgIpc) is 3.71. The number of hydrogen-bond donors (Lipinski definition) is 0. The Morgan fingerprint density at radius 1 is 0.537 bits per heavy atom. The van der Waals surface area contributed by atoms with E-state index in [2.05, 4.69) is 92.7 Å². The summed E-state index contributed by atoms with van der Waals surface area (Å²) in [6.07, 6.45) is 0.765. The molecule has 11 rings (SSSR count). The Morgan fingerprint density at radius 3 is 1.94 bits per heavy atom. The predicted molar refractivity (Wildman–Crippen MR) is 214 cm³/mol. The van der Waals surface area contributed by atoms with Crippen molar-refractivity contribution in [2.24, 2.45) is 0 Å². The maximum Gasteiger partial charge on any atom is 0.167 e. The summed E-state index contributed by atoms with van der Waals surface area (Å²) in [5, 5.41) is 2.08. The normalized spacial score (nSPS) is 15.1. The van der Waals surface area contributed by atoms with E-state index in [0.717, 1.165) is 73.4 Å². The maximum atomic E-state index is 6.68. The Bertz CT molecular complexity index is 2890.